The van der Waals surface area contributed by atoms with Gasteiger partial charge in [-0.05, 0) is 19.3 Å². The molecule has 1 aliphatic rings. The lowest BCUT2D eigenvalue weighted by molar-refractivity contribution is -0.299. The van der Waals surface area contributed by atoms with E-state index in [2.05, 4.69) is 5.32 Å². The Morgan fingerprint density at radius 2 is 1.34 bits per heavy atom. The molecule has 1 fully saturated rings. The van der Waals surface area contributed by atoms with Crippen LogP contribution in [0.25, 0.3) is 0 Å². The maximum atomic E-state index is 12.3. The summed E-state index contributed by atoms with van der Waals surface area (Å²) in [5.41, 5.74) is 0. The third-order valence-corrected chi connectivity index (χ3v) is 6.32. The Balaban J connectivity index is 2.70. The van der Waals surface area contributed by atoms with Crippen LogP contribution in [0.4, 0.5) is 0 Å². The van der Waals surface area contributed by atoms with Crippen LogP contribution < -0.4 is 5.32 Å². The van der Waals surface area contributed by atoms with Crippen molar-refractivity contribution in [3.8, 4) is 0 Å². The van der Waals surface area contributed by atoms with E-state index in [-0.39, 0.29) is 38.5 Å². The molecule has 1 aliphatic heterocycles. The number of esters is 2. The number of rotatable bonds is 20. The summed E-state index contributed by atoms with van der Waals surface area (Å²) in [5, 5.41) is 33.7. The first-order valence-corrected chi connectivity index (χ1v) is 14.2. The van der Waals surface area contributed by atoms with E-state index >= 15 is 0 Å². The molecule has 6 atom stereocenters. The van der Waals surface area contributed by atoms with Crippen LogP contribution in [0.3, 0.4) is 0 Å². The number of aliphatic hydroxyl groups is 3. The molecule has 0 aromatic heterocycles. The molecule has 0 spiro atoms. The quantitative estimate of drug-likeness (QED) is 0.131. The molecule has 11 nitrogen and oxygen atoms in total. The van der Waals surface area contributed by atoms with Crippen LogP contribution in [-0.2, 0) is 33.3 Å². The molecule has 4 N–H and O–H groups in total. The molecule has 1 heterocycles. The Labute approximate surface area is 226 Å². The van der Waals surface area contributed by atoms with E-state index in [1.165, 1.54) is 0 Å². The molecule has 0 saturated carbocycles. The summed E-state index contributed by atoms with van der Waals surface area (Å²) in [6.45, 7) is 5.50. The first-order chi connectivity index (χ1) is 18.2. The highest BCUT2D eigenvalue weighted by Crippen LogP contribution is 2.22. The smallest absolute Gasteiger partial charge is 0.306 e. The average Bonchev–Trinajstić information content (AvgIpc) is 2.89. The number of nitrogens with one attached hydrogen (secondary N) is 1. The van der Waals surface area contributed by atoms with Crippen LogP contribution in [0.1, 0.15) is 97.8 Å². The van der Waals surface area contributed by atoms with Gasteiger partial charge < -0.3 is 39.6 Å². The van der Waals surface area contributed by atoms with Crippen molar-refractivity contribution >= 4 is 17.8 Å². The molecule has 222 valence electrons. The third kappa shape index (κ3) is 13.8. The van der Waals surface area contributed by atoms with Gasteiger partial charge in [0.25, 0.3) is 0 Å². The summed E-state index contributed by atoms with van der Waals surface area (Å²) in [7, 11) is 0. The molecule has 1 rings (SSSR count). The van der Waals surface area contributed by atoms with Crippen molar-refractivity contribution in [2.45, 2.75) is 135 Å². The molecule has 0 bridgehead atoms. The van der Waals surface area contributed by atoms with Crippen molar-refractivity contribution in [2.75, 3.05) is 19.8 Å². The minimum absolute atomic E-state index is 0.0824. The standard InChI is InChI=1S/C27H49NO10/c1-4-7-10-13-21(29)28-16-20-24(32)25(33)26(34)27(38-20)36-18-19(37-23(31)15-12-9-6-3)17-35-22(30)14-11-8-5-2/h19-20,24-27,32-34H,4-18H2,1-3H3,(H,28,29)/t19?,20-,24-,25+,26+,27+/m1/s1. The van der Waals surface area contributed by atoms with E-state index in [0.717, 1.165) is 44.9 Å². The molecule has 0 aromatic rings. The summed E-state index contributed by atoms with van der Waals surface area (Å²) in [4.78, 5) is 36.4. The summed E-state index contributed by atoms with van der Waals surface area (Å²) < 4.78 is 22.0. The molecule has 38 heavy (non-hydrogen) atoms. The van der Waals surface area contributed by atoms with Gasteiger partial charge in [-0.25, -0.2) is 0 Å². The minimum atomic E-state index is -1.58. The number of carbonyl (C=O) groups excluding carboxylic acids is 3. The van der Waals surface area contributed by atoms with Gasteiger partial charge in [0.1, 0.15) is 31.0 Å². The Kier molecular flexibility index (Phi) is 18.2. The average molecular weight is 548 g/mol. The number of ether oxygens (including phenoxy) is 4. The van der Waals surface area contributed by atoms with Crippen molar-refractivity contribution in [2.24, 2.45) is 0 Å². The Morgan fingerprint density at radius 3 is 1.95 bits per heavy atom. The van der Waals surface area contributed by atoms with Crippen molar-refractivity contribution in [3.05, 3.63) is 0 Å². The van der Waals surface area contributed by atoms with Gasteiger partial charge >= 0.3 is 11.9 Å². The Bertz CT molecular complexity index is 676. The largest absolute Gasteiger partial charge is 0.462 e. The molecule has 1 unspecified atom stereocenters. The number of carbonyl (C=O) groups is 3. The molecule has 0 radical (unpaired) electrons. The van der Waals surface area contributed by atoms with E-state index in [9.17, 15) is 29.7 Å². The van der Waals surface area contributed by atoms with Gasteiger partial charge in [-0.1, -0.05) is 59.3 Å². The van der Waals surface area contributed by atoms with E-state index < -0.39 is 48.7 Å². The summed E-state index contributed by atoms with van der Waals surface area (Å²) >= 11 is 0. The van der Waals surface area contributed by atoms with Crippen molar-refractivity contribution < 1.29 is 48.7 Å². The van der Waals surface area contributed by atoms with Crippen molar-refractivity contribution in [3.63, 3.8) is 0 Å². The normalized spacial score (nSPS) is 24.0. The second-order valence-electron chi connectivity index (χ2n) is 9.82. The molecular weight excluding hydrogens is 498 g/mol. The summed E-state index contributed by atoms with van der Waals surface area (Å²) in [5.74, 6) is -1.07. The van der Waals surface area contributed by atoms with Crippen LogP contribution in [0.5, 0.6) is 0 Å². The lowest BCUT2D eigenvalue weighted by Gasteiger charge is -2.40. The maximum absolute atomic E-state index is 12.3. The van der Waals surface area contributed by atoms with E-state index in [4.69, 9.17) is 18.9 Å². The van der Waals surface area contributed by atoms with Gasteiger partial charge in [0.2, 0.25) is 5.91 Å². The fraction of sp³-hybridized carbons (Fsp3) is 0.889. The van der Waals surface area contributed by atoms with E-state index in [1.807, 2.05) is 20.8 Å². The fourth-order valence-corrected chi connectivity index (χ4v) is 3.92. The van der Waals surface area contributed by atoms with Crippen LogP contribution >= 0.6 is 0 Å². The highest BCUT2D eigenvalue weighted by Gasteiger charge is 2.44. The molecule has 0 aliphatic carbocycles. The number of aliphatic hydroxyl groups excluding tert-OH is 3. The number of amides is 1. The lowest BCUT2D eigenvalue weighted by atomic mass is 9.98. The molecule has 11 heteroatoms. The first kappa shape index (κ1) is 34.2. The van der Waals surface area contributed by atoms with Crippen molar-refractivity contribution in [1.82, 2.24) is 5.32 Å². The van der Waals surface area contributed by atoms with E-state index in [1.54, 1.807) is 0 Å². The predicted molar refractivity (Wildman–Crippen MR) is 139 cm³/mol. The van der Waals surface area contributed by atoms with Crippen LogP contribution in [0.2, 0.25) is 0 Å². The van der Waals surface area contributed by atoms with Gasteiger partial charge in [-0.15, -0.1) is 0 Å². The fourth-order valence-electron chi connectivity index (χ4n) is 3.92. The van der Waals surface area contributed by atoms with Gasteiger partial charge in [-0.2, -0.15) is 0 Å². The predicted octanol–water partition coefficient (Wildman–Crippen LogP) is 2.12. The maximum Gasteiger partial charge on any atom is 0.306 e. The third-order valence-electron chi connectivity index (χ3n) is 6.32. The van der Waals surface area contributed by atoms with Crippen molar-refractivity contribution in [1.29, 1.82) is 0 Å². The number of hydrogen-bond acceptors (Lipinski definition) is 10. The Morgan fingerprint density at radius 1 is 0.763 bits per heavy atom. The topological polar surface area (TPSA) is 161 Å². The van der Waals surface area contributed by atoms with E-state index in [0.29, 0.717) is 19.3 Å². The zero-order valence-electron chi connectivity index (χ0n) is 23.3. The molecule has 1 saturated heterocycles. The highest BCUT2D eigenvalue weighted by atomic mass is 16.7. The second-order valence-corrected chi connectivity index (χ2v) is 9.82. The monoisotopic (exact) mass is 547 g/mol. The summed E-state index contributed by atoms with van der Waals surface area (Å²) in [6.07, 6.45) is 0.555. The van der Waals surface area contributed by atoms with Gasteiger partial charge in [0.05, 0.1) is 6.61 Å². The molecule has 0 aromatic carbocycles. The molecular formula is C27H49NO10. The second kappa shape index (κ2) is 20.2. The zero-order valence-corrected chi connectivity index (χ0v) is 23.3. The van der Waals surface area contributed by atoms with Crippen LogP contribution in [-0.4, -0.2) is 89.7 Å². The molecule has 1 amide bonds. The Hall–Kier alpha value is -1.79. The van der Waals surface area contributed by atoms with Crippen LogP contribution in [0.15, 0.2) is 0 Å². The van der Waals surface area contributed by atoms with Gasteiger partial charge in [-0.3, -0.25) is 14.4 Å². The van der Waals surface area contributed by atoms with Gasteiger partial charge in [0, 0.05) is 25.8 Å². The first-order valence-electron chi connectivity index (χ1n) is 14.2. The van der Waals surface area contributed by atoms with Gasteiger partial charge in [0.15, 0.2) is 12.4 Å². The minimum Gasteiger partial charge on any atom is -0.462 e. The highest BCUT2D eigenvalue weighted by molar-refractivity contribution is 5.75. The zero-order chi connectivity index (χ0) is 28.3. The number of unbranched alkanes of at least 4 members (excludes halogenated alkanes) is 6. The SMILES string of the molecule is CCCCCC(=O)NC[C@H]1O[C@H](OCC(COC(=O)CCCCC)OC(=O)CCCCC)[C@@H](O)[C@@H](O)[C@@H]1O. The number of hydrogen-bond donors (Lipinski definition) is 4. The lowest BCUT2D eigenvalue weighted by Crippen LogP contribution is -2.60. The van der Waals surface area contributed by atoms with Crippen LogP contribution in [0, 0.1) is 0 Å². The summed E-state index contributed by atoms with van der Waals surface area (Å²) in [6, 6.07) is 0.